The molecule has 1 aromatic carbocycles. The van der Waals surface area contributed by atoms with Crippen LogP contribution in [0.15, 0.2) is 24.3 Å². The standard InChI is InChI=1S/C11H13Cl2NO/c1-8(6-12)7-14-11(15)9-4-2-3-5-10(9)13/h2-5,8H,6-7H2,1H3,(H,14,15). The first-order valence-corrected chi connectivity index (χ1v) is 5.65. The van der Waals surface area contributed by atoms with Gasteiger partial charge in [-0.05, 0) is 18.1 Å². The number of hydrogen-bond acceptors (Lipinski definition) is 1. The number of carbonyl (C=O) groups is 1. The van der Waals surface area contributed by atoms with Gasteiger partial charge in [0.05, 0.1) is 10.6 Å². The van der Waals surface area contributed by atoms with Crippen LogP contribution in [0.1, 0.15) is 17.3 Å². The van der Waals surface area contributed by atoms with Crippen LogP contribution in [-0.4, -0.2) is 18.3 Å². The minimum absolute atomic E-state index is 0.155. The number of benzene rings is 1. The zero-order valence-corrected chi connectivity index (χ0v) is 9.98. The maximum absolute atomic E-state index is 11.6. The summed E-state index contributed by atoms with van der Waals surface area (Å²) in [7, 11) is 0. The van der Waals surface area contributed by atoms with E-state index in [1.165, 1.54) is 0 Å². The smallest absolute Gasteiger partial charge is 0.252 e. The molecule has 0 fully saturated rings. The summed E-state index contributed by atoms with van der Waals surface area (Å²) in [6.07, 6.45) is 0. The summed E-state index contributed by atoms with van der Waals surface area (Å²) in [6.45, 7) is 2.54. The van der Waals surface area contributed by atoms with Crippen molar-refractivity contribution in [2.24, 2.45) is 5.92 Å². The zero-order chi connectivity index (χ0) is 11.3. The molecule has 1 amide bonds. The van der Waals surface area contributed by atoms with Crippen molar-refractivity contribution in [1.29, 1.82) is 0 Å². The Bertz CT molecular complexity index is 341. The number of alkyl halides is 1. The van der Waals surface area contributed by atoms with Crippen molar-refractivity contribution in [3.8, 4) is 0 Å². The van der Waals surface area contributed by atoms with Gasteiger partial charge in [-0.1, -0.05) is 30.7 Å². The van der Waals surface area contributed by atoms with Gasteiger partial charge in [0.15, 0.2) is 0 Å². The molecule has 2 nitrogen and oxygen atoms in total. The number of hydrogen-bond donors (Lipinski definition) is 1. The highest BCUT2D eigenvalue weighted by Gasteiger charge is 2.09. The average molecular weight is 246 g/mol. The van der Waals surface area contributed by atoms with Gasteiger partial charge in [0.25, 0.3) is 5.91 Å². The van der Waals surface area contributed by atoms with E-state index in [2.05, 4.69) is 5.32 Å². The van der Waals surface area contributed by atoms with Crippen molar-refractivity contribution in [1.82, 2.24) is 5.32 Å². The van der Waals surface area contributed by atoms with Gasteiger partial charge in [-0.2, -0.15) is 0 Å². The van der Waals surface area contributed by atoms with Crippen LogP contribution >= 0.6 is 23.2 Å². The topological polar surface area (TPSA) is 29.1 Å². The number of rotatable bonds is 4. The van der Waals surface area contributed by atoms with E-state index in [0.717, 1.165) is 0 Å². The first-order chi connectivity index (χ1) is 7.15. The largest absolute Gasteiger partial charge is 0.352 e. The molecule has 15 heavy (non-hydrogen) atoms. The monoisotopic (exact) mass is 245 g/mol. The lowest BCUT2D eigenvalue weighted by atomic mass is 10.2. The average Bonchev–Trinajstić information content (AvgIpc) is 2.26. The normalized spacial score (nSPS) is 12.2. The minimum atomic E-state index is -0.155. The van der Waals surface area contributed by atoms with Crippen LogP contribution in [0.5, 0.6) is 0 Å². The second-order valence-corrected chi connectivity index (χ2v) is 4.17. The first-order valence-electron chi connectivity index (χ1n) is 4.74. The maximum atomic E-state index is 11.6. The third-order valence-corrected chi connectivity index (χ3v) is 2.85. The molecule has 4 heteroatoms. The van der Waals surface area contributed by atoms with E-state index in [1.54, 1.807) is 24.3 Å². The Morgan fingerprint density at radius 1 is 1.47 bits per heavy atom. The summed E-state index contributed by atoms with van der Waals surface area (Å²) in [4.78, 5) is 11.6. The summed E-state index contributed by atoms with van der Waals surface area (Å²) in [6, 6.07) is 6.97. The predicted octanol–water partition coefficient (Wildman–Crippen LogP) is 2.94. The molecule has 1 aromatic rings. The van der Waals surface area contributed by atoms with E-state index in [-0.39, 0.29) is 11.8 Å². The van der Waals surface area contributed by atoms with Gasteiger partial charge in [0, 0.05) is 12.4 Å². The van der Waals surface area contributed by atoms with Gasteiger partial charge >= 0.3 is 0 Å². The van der Waals surface area contributed by atoms with Crippen molar-refractivity contribution in [3.63, 3.8) is 0 Å². The van der Waals surface area contributed by atoms with Crippen LogP contribution in [0, 0.1) is 5.92 Å². The van der Waals surface area contributed by atoms with E-state index in [4.69, 9.17) is 23.2 Å². The highest BCUT2D eigenvalue weighted by atomic mass is 35.5. The van der Waals surface area contributed by atoms with Crippen LogP contribution in [0.4, 0.5) is 0 Å². The molecule has 0 bridgehead atoms. The third-order valence-electron chi connectivity index (χ3n) is 1.99. The Morgan fingerprint density at radius 3 is 2.73 bits per heavy atom. The fourth-order valence-electron chi connectivity index (χ4n) is 1.06. The fraction of sp³-hybridized carbons (Fsp3) is 0.364. The number of amides is 1. The van der Waals surface area contributed by atoms with Crippen LogP contribution in [-0.2, 0) is 0 Å². The zero-order valence-electron chi connectivity index (χ0n) is 8.47. The Balaban J connectivity index is 2.58. The summed E-state index contributed by atoms with van der Waals surface area (Å²) in [5.41, 5.74) is 0.501. The van der Waals surface area contributed by atoms with E-state index < -0.39 is 0 Å². The quantitative estimate of drug-likeness (QED) is 0.813. The fourth-order valence-corrected chi connectivity index (χ4v) is 1.39. The van der Waals surface area contributed by atoms with Crippen molar-refractivity contribution < 1.29 is 4.79 Å². The SMILES string of the molecule is CC(CCl)CNC(=O)c1ccccc1Cl. The van der Waals surface area contributed by atoms with E-state index in [9.17, 15) is 4.79 Å². The highest BCUT2D eigenvalue weighted by molar-refractivity contribution is 6.33. The lowest BCUT2D eigenvalue weighted by Crippen LogP contribution is -2.29. The molecule has 1 atom stereocenters. The molecule has 1 rings (SSSR count). The van der Waals surface area contributed by atoms with Crippen molar-refractivity contribution >= 4 is 29.1 Å². The van der Waals surface area contributed by atoms with E-state index >= 15 is 0 Å². The Morgan fingerprint density at radius 2 is 2.13 bits per heavy atom. The molecular formula is C11H13Cl2NO. The lowest BCUT2D eigenvalue weighted by molar-refractivity contribution is 0.0949. The van der Waals surface area contributed by atoms with Crippen molar-refractivity contribution in [2.45, 2.75) is 6.92 Å². The molecule has 0 aromatic heterocycles. The van der Waals surface area contributed by atoms with Gasteiger partial charge in [-0.15, -0.1) is 11.6 Å². The molecular weight excluding hydrogens is 233 g/mol. The Labute approximate surface area is 99.6 Å². The molecule has 0 saturated heterocycles. The molecule has 1 unspecified atom stereocenters. The van der Waals surface area contributed by atoms with Gasteiger partial charge < -0.3 is 5.32 Å². The molecule has 1 N–H and O–H groups in total. The second-order valence-electron chi connectivity index (χ2n) is 3.45. The highest BCUT2D eigenvalue weighted by Crippen LogP contribution is 2.14. The maximum Gasteiger partial charge on any atom is 0.252 e. The Kier molecular flexibility index (Phi) is 4.92. The first kappa shape index (κ1) is 12.3. The molecule has 0 aliphatic rings. The molecule has 0 aliphatic heterocycles. The summed E-state index contributed by atoms with van der Waals surface area (Å²) in [5, 5.41) is 3.25. The summed E-state index contributed by atoms with van der Waals surface area (Å²) >= 11 is 11.5. The molecule has 0 spiro atoms. The minimum Gasteiger partial charge on any atom is -0.352 e. The van der Waals surface area contributed by atoms with Gasteiger partial charge in [0.1, 0.15) is 0 Å². The second kappa shape index (κ2) is 5.99. The Hall–Kier alpha value is -0.730. The van der Waals surface area contributed by atoms with E-state index in [0.29, 0.717) is 23.0 Å². The molecule has 0 aliphatic carbocycles. The van der Waals surface area contributed by atoms with Gasteiger partial charge in [0.2, 0.25) is 0 Å². The van der Waals surface area contributed by atoms with Gasteiger partial charge in [-0.25, -0.2) is 0 Å². The van der Waals surface area contributed by atoms with E-state index in [1.807, 2.05) is 6.92 Å². The van der Waals surface area contributed by atoms with Crippen molar-refractivity contribution in [2.75, 3.05) is 12.4 Å². The number of nitrogens with one attached hydrogen (secondary N) is 1. The lowest BCUT2D eigenvalue weighted by Gasteiger charge is -2.09. The number of halogens is 2. The summed E-state index contributed by atoms with van der Waals surface area (Å²) in [5.74, 6) is 0.638. The van der Waals surface area contributed by atoms with Crippen LogP contribution < -0.4 is 5.32 Å². The molecule has 0 saturated carbocycles. The summed E-state index contributed by atoms with van der Waals surface area (Å²) < 4.78 is 0. The molecule has 0 heterocycles. The predicted molar refractivity (Wildman–Crippen MR) is 63.7 cm³/mol. The third kappa shape index (κ3) is 3.73. The van der Waals surface area contributed by atoms with Gasteiger partial charge in [-0.3, -0.25) is 4.79 Å². The van der Waals surface area contributed by atoms with Crippen LogP contribution in [0.2, 0.25) is 5.02 Å². The van der Waals surface area contributed by atoms with Crippen molar-refractivity contribution in [3.05, 3.63) is 34.9 Å². The molecule has 82 valence electrons. The van der Waals surface area contributed by atoms with Crippen LogP contribution in [0.25, 0.3) is 0 Å². The van der Waals surface area contributed by atoms with Crippen LogP contribution in [0.3, 0.4) is 0 Å². The number of carbonyl (C=O) groups excluding carboxylic acids is 1. The molecule has 0 radical (unpaired) electrons.